The van der Waals surface area contributed by atoms with E-state index >= 15 is 0 Å². The van der Waals surface area contributed by atoms with E-state index in [-0.39, 0.29) is 21.4 Å². The zero-order chi connectivity index (χ0) is 23.3. The summed E-state index contributed by atoms with van der Waals surface area (Å²) in [6.07, 6.45) is 1.88. The Kier molecular flexibility index (Phi) is 7.65. The third-order valence-electron chi connectivity index (χ3n) is 5.00. The van der Waals surface area contributed by atoms with Crippen LogP contribution >= 0.6 is 11.6 Å². The van der Waals surface area contributed by atoms with Crippen LogP contribution in [0.4, 0.5) is 5.69 Å². The number of hydrogen-bond acceptors (Lipinski definition) is 6. The molecule has 0 bridgehead atoms. The van der Waals surface area contributed by atoms with Gasteiger partial charge in [-0.15, -0.1) is 0 Å². The van der Waals surface area contributed by atoms with Crippen molar-refractivity contribution in [1.29, 1.82) is 0 Å². The van der Waals surface area contributed by atoms with E-state index in [0.29, 0.717) is 30.8 Å². The SMILES string of the molecule is CCC(=O)Nc1ccc(C(=O)COC(=O)c2ccc(Cl)c(S(=O)(=O)N3CCCC3)c2)cc1. The van der Waals surface area contributed by atoms with Crippen LogP contribution in [0.15, 0.2) is 47.4 Å². The zero-order valence-electron chi connectivity index (χ0n) is 17.5. The predicted octanol–water partition coefficient (Wildman–Crippen LogP) is 3.51. The highest BCUT2D eigenvalue weighted by Gasteiger charge is 2.30. The Balaban J connectivity index is 1.66. The van der Waals surface area contributed by atoms with E-state index in [1.807, 2.05) is 0 Å². The van der Waals surface area contributed by atoms with E-state index in [4.69, 9.17) is 16.3 Å². The molecule has 0 aromatic heterocycles. The van der Waals surface area contributed by atoms with Gasteiger partial charge in [-0.25, -0.2) is 13.2 Å². The minimum absolute atomic E-state index is 0.0137. The number of esters is 1. The summed E-state index contributed by atoms with van der Waals surface area (Å²) < 4.78 is 32.0. The number of sulfonamides is 1. The van der Waals surface area contributed by atoms with E-state index in [0.717, 1.165) is 12.8 Å². The van der Waals surface area contributed by atoms with Gasteiger partial charge >= 0.3 is 5.97 Å². The van der Waals surface area contributed by atoms with Crippen LogP contribution in [0.1, 0.15) is 46.9 Å². The minimum atomic E-state index is -3.82. The summed E-state index contributed by atoms with van der Waals surface area (Å²) in [5, 5.41) is 2.69. The molecule has 0 saturated carbocycles. The number of nitrogens with one attached hydrogen (secondary N) is 1. The van der Waals surface area contributed by atoms with Crippen molar-refractivity contribution in [2.45, 2.75) is 31.1 Å². The quantitative estimate of drug-likeness (QED) is 0.459. The van der Waals surface area contributed by atoms with E-state index < -0.39 is 28.4 Å². The Labute approximate surface area is 191 Å². The minimum Gasteiger partial charge on any atom is -0.454 e. The highest BCUT2D eigenvalue weighted by atomic mass is 35.5. The van der Waals surface area contributed by atoms with Gasteiger partial charge in [-0.05, 0) is 55.3 Å². The second kappa shape index (κ2) is 10.2. The maximum absolute atomic E-state index is 12.8. The molecule has 1 heterocycles. The fourth-order valence-corrected chi connectivity index (χ4v) is 5.20. The van der Waals surface area contributed by atoms with Gasteiger partial charge in [0, 0.05) is 30.8 Å². The number of ketones is 1. The number of carbonyl (C=O) groups excluding carboxylic acids is 3. The van der Waals surface area contributed by atoms with Gasteiger partial charge in [-0.3, -0.25) is 9.59 Å². The molecule has 170 valence electrons. The van der Waals surface area contributed by atoms with Crippen LogP contribution in [0.2, 0.25) is 5.02 Å². The Morgan fingerprint density at radius 3 is 2.28 bits per heavy atom. The van der Waals surface area contributed by atoms with Crippen LogP contribution < -0.4 is 5.32 Å². The smallest absolute Gasteiger partial charge is 0.338 e. The third kappa shape index (κ3) is 5.53. The van der Waals surface area contributed by atoms with Crippen molar-refractivity contribution in [3.05, 3.63) is 58.6 Å². The predicted molar refractivity (Wildman–Crippen MR) is 119 cm³/mol. The Hall–Kier alpha value is -2.75. The Bertz CT molecular complexity index is 1130. The van der Waals surface area contributed by atoms with Crippen LogP contribution in [-0.4, -0.2) is 50.1 Å². The number of carbonyl (C=O) groups is 3. The maximum Gasteiger partial charge on any atom is 0.338 e. The molecule has 8 nitrogen and oxygen atoms in total. The van der Waals surface area contributed by atoms with Crippen LogP contribution in [0, 0.1) is 0 Å². The van der Waals surface area contributed by atoms with Crippen LogP contribution in [0.3, 0.4) is 0 Å². The molecule has 0 unspecified atom stereocenters. The molecule has 0 spiro atoms. The molecule has 0 radical (unpaired) electrons. The van der Waals surface area contributed by atoms with Crippen molar-refractivity contribution in [3.8, 4) is 0 Å². The number of amides is 1. The molecule has 0 atom stereocenters. The van der Waals surface area contributed by atoms with Crippen molar-refractivity contribution in [2.75, 3.05) is 25.0 Å². The lowest BCUT2D eigenvalue weighted by Crippen LogP contribution is -2.28. The molecule has 0 aliphatic carbocycles. The number of rotatable bonds is 8. The van der Waals surface area contributed by atoms with Gasteiger partial charge in [0.15, 0.2) is 12.4 Å². The summed E-state index contributed by atoms with van der Waals surface area (Å²) in [4.78, 5) is 36.0. The van der Waals surface area contributed by atoms with Crippen LogP contribution in [0.5, 0.6) is 0 Å². The van der Waals surface area contributed by atoms with Gasteiger partial charge in [0.25, 0.3) is 0 Å². The first-order valence-electron chi connectivity index (χ1n) is 10.1. The molecule has 1 amide bonds. The molecule has 1 fully saturated rings. The van der Waals surface area contributed by atoms with Gasteiger partial charge in [0.2, 0.25) is 15.9 Å². The summed E-state index contributed by atoms with van der Waals surface area (Å²) in [7, 11) is -3.82. The van der Waals surface area contributed by atoms with Crippen molar-refractivity contribution in [2.24, 2.45) is 0 Å². The monoisotopic (exact) mass is 478 g/mol. The van der Waals surface area contributed by atoms with Crippen molar-refractivity contribution >= 4 is 45.0 Å². The van der Waals surface area contributed by atoms with Gasteiger partial charge in [-0.2, -0.15) is 4.31 Å². The first-order valence-corrected chi connectivity index (χ1v) is 11.9. The third-order valence-corrected chi connectivity index (χ3v) is 7.38. The van der Waals surface area contributed by atoms with E-state index in [1.165, 1.54) is 34.6 Å². The van der Waals surface area contributed by atoms with E-state index in [9.17, 15) is 22.8 Å². The van der Waals surface area contributed by atoms with E-state index in [2.05, 4.69) is 5.32 Å². The highest BCUT2D eigenvalue weighted by molar-refractivity contribution is 7.89. The maximum atomic E-state index is 12.8. The standard InChI is InChI=1S/C22H23ClN2O6S/c1-2-21(27)24-17-8-5-15(6-9-17)19(26)14-31-22(28)16-7-10-18(23)20(13-16)32(29,30)25-11-3-4-12-25/h5-10,13H,2-4,11-12,14H2,1H3,(H,24,27). The summed E-state index contributed by atoms with van der Waals surface area (Å²) in [6, 6.07) is 10.0. The number of anilines is 1. The molecule has 2 aromatic carbocycles. The van der Waals surface area contributed by atoms with Crippen molar-refractivity contribution in [3.63, 3.8) is 0 Å². The first kappa shape index (κ1) is 23.9. The lowest BCUT2D eigenvalue weighted by Gasteiger charge is -2.17. The lowest BCUT2D eigenvalue weighted by atomic mass is 10.1. The fraction of sp³-hybridized carbons (Fsp3) is 0.318. The van der Waals surface area contributed by atoms with E-state index in [1.54, 1.807) is 19.1 Å². The number of halogens is 1. The van der Waals surface area contributed by atoms with Gasteiger partial charge in [-0.1, -0.05) is 18.5 Å². The van der Waals surface area contributed by atoms with Crippen LogP contribution in [0.25, 0.3) is 0 Å². The lowest BCUT2D eigenvalue weighted by molar-refractivity contribution is -0.115. The van der Waals surface area contributed by atoms with Crippen molar-refractivity contribution in [1.82, 2.24) is 4.31 Å². The number of Topliss-reactive ketones (excluding diaryl/α,β-unsaturated/α-hetero) is 1. The molecular formula is C22H23ClN2O6S. The second-order valence-electron chi connectivity index (χ2n) is 7.23. The largest absolute Gasteiger partial charge is 0.454 e. The summed E-state index contributed by atoms with van der Waals surface area (Å²) in [6.45, 7) is 2.02. The average Bonchev–Trinajstić information content (AvgIpc) is 3.34. The van der Waals surface area contributed by atoms with Gasteiger partial charge < -0.3 is 10.1 Å². The molecule has 2 aromatic rings. The Morgan fingerprint density at radius 1 is 1.03 bits per heavy atom. The second-order valence-corrected chi connectivity index (χ2v) is 9.55. The normalized spacial score (nSPS) is 14.2. The highest BCUT2D eigenvalue weighted by Crippen LogP contribution is 2.28. The fourth-order valence-electron chi connectivity index (χ4n) is 3.18. The topological polar surface area (TPSA) is 110 Å². The van der Waals surface area contributed by atoms with Crippen molar-refractivity contribution < 1.29 is 27.5 Å². The molecular weight excluding hydrogens is 456 g/mol. The molecule has 1 saturated heterocycles. The number of hydrogen-bond donors (Lipinski definition) is 1. The summed E-state index contributed by atoms with van der Waals surface area (Å²) in [5.74, 6) is -1.42. The molecule has 3 rings (SSSR count). The van der Waals surface area contributed by atoms with Crippen LogP contribution in [-0.2, 0) is 19.6 Å². The zero-order valence-corrected chi connectivity index (χ0v) is 19.0. The number of nitrogens with zero attached hydrogens (tertiary/aromatic N) is 1. The first-order chi connectivity index (χ1) is 15.2. The molecule has 1 N–H and O–H groups in total. The molecule has 1 aliphatic heterocycles. The molecule has 1 aliphatic rings. The molecule has 32 heavy (non-hydrogen) atoms. The number of benzene rings is 2. The average molecular weight is 479 g/mol. The Morgan fingerprint density at radius 2 is 1.66 bits per heavy atom. The van der Waals surface area contributed by atoms with Gasteiger partial charge in [0.05, 0.1) is 10.6 Å². The summed E-state index contributed by atoms with van der Waals surface area (Å²) >= 11 is 6.09. The summed E-state index contributed by atoms with van der Waals surface area (Å²) in [5.41, 5.74) is 0.844. The number of ether oxygens (including phenoxy) is 1. The van der Waals surface area contributed by atoms with Gasteiger partial charge in [0.1, 0.15) is 4.90 Å². The molecule has 10 heteroatoms.